The predicted molar refractivity (Wildman–Crippen MR) is 69.0 cm³/mol. The Labute approximate surface area is 110 Å². The number of ether oxygens (including phenoxy) is 1. The van der Waals surface area contributed by atoms with Gasteiger partial charge in [0.15, 0.2) is 0 Å². The Morgan fingerprint density at radius 2 is 2.28 bits per heavy atom. The van der Waals surface area contributed by atoms with E-state index in [-0.39, 0.29) is 5.88 Å². The van der Waals surface area contributed by atoms with Crippen molar-refractivity contribution in [2.24, 2.45) is 0 Å². The van der Waals surface area contributed by atoms with Gasteiger partial charge in [0.05, 0.1) is 6.54 Å². The molecule has 2 rings (SSSR count). The third kappa shape index (κ3) is 3.63. The van der Waals surface area contributed by atoms with Crippen molar-refractivity contribution in [1.82, 2.24) is 10.2 Å². The van der Waals surface area contributed by atoms with Crippen molar-refractivity contribution < 1.29 is 9.15 Å². The number of aryl methyl sites for hydroxylation is 1. The van der Waals surface area contributed by atoms with E-state index < -0.39 is 0 Å². The van der Waals surface area contributed by atoms with E-state index in [0.717, 1.165) is 5.75 Å². The molecule has 0 aliphatic heterocycles. The van der Waals surface area contributed by atoms with E-state index in [0.29, 0.717) is 25.1 Å². The van der Waals surface area contributed by atoms with Crippen molar-refractivity contribution in [3.63, 3.8) is 0 Å². The van der Waals surface area contributed by atoms with Gasteiger partial charge in [0.1, 0.15) is 18.2 Å². The molecule has 0 aliphatic carbocycles. The van der Waals surface area contributed by atoms with Gasteiger partial charge in [-0.05, 0) is 24.6 Å². The van der Waals surface area contributed by atoms with Gasteiger partial charge in [0.25, 0.3) is 0 Å². The molecule has 0 bridgehead atoms. The van der Waals surface area contributed by atoms with Crippen LogP contribution in [0.25, 0.3) is 0 Å². The number of anilines is 1. The standard InChI is InChI=1S/C12H14ClN3O2/c1-9-3-2-4-10(7-9)17-6-5-14-12-16-15-11(8-13)18-12/h2-4,7H,5-6,8H2,1H3,(H,14,16). The van der Waals surface area contributed by atoms with Crippen LogP contribution in [0.1, 0.15) is 11.5 Å². The lowest BCUT2D eigenvalue weighted by atomic mass is 10.2. The number of nitrogens with zero attached hydrogens (tertiary/aromatic N) is 2. The summed E-state index contributed by atoms with van der Waals surface area (Å²) in [5.74, 6) is 1.47. The summed E-state index contributed by atoms with van der Waals surface area (Å²) in [6, 6.07) is 8.25. The third-order valence-corrected chi connectivity index (χ3v) is 2.45. The van der Waals surface area contributed by atoms with Crippen LogP contribution in [0.4, 0.5) is 6.01 Å². The molecule has 0 spiro atoms. The molecule has 0 atom stereocenters. The minimum atomic E-state index is 0.217. The minimum absolute atomic E-state index is 0.217. The zero-order chi connectivity index (χ0) is 12.8. The molecule has 0 aliphatic rings. The number of hydrogen-bond acceptors (Lipinski definition) is 5. The van der Waals surface area contributed by atoms with Gasteiger partial charge in [-0.15, -0.1) is 16.7 Å². The first-order valence-corrected chi connectivity index (χ1v) is 6.13. The second kappa shape index (κ2) is 6.26. The summed E-state index contributed by atoms with van der Waals surface area (Å²) in [6.45, 7) is 3.12. The van der Waals surface area contributed by atoms with Gasteiger partial charge in [0, 0.05) is 0 Å². The molecule has 2 aromatic rings. The number of rotatable bonds is 6. The highest BCUT2D eigenvalue weighted by Gasteiger charge is 2.03. The Kier molecular flexibility index (Phi) is 4.41. The molecule has 1 heterocycles. The summed E-state index contributed by atoms with van der Waals surface area (Å²) in [5.41, 5.74) is 1.17. The number of aromatic nitrogens is 2. The first-order valence-electron chi connectivity index (χ1n) is 5.59. The molecule has 0 saturated heterocycles. The Morgan fingerprint density at radius 1 is 1.39 bits per heavy atom. The van der Waals surface area contributed by atoms with Crippen LogP contribution < -0.4 is 10.1 Å². The molecule has 0 amide bonds. The van der Waals surface area contributed by atoms with Crippen LogP contribution in [0.2, 0.25) is 0 Å². The van der Waals surface area contributed by atoms with Gasteiger partial charge in [-0.25, -0.2) is 0 Å². The van der Waals surface area contributed by atoms with Gasteiger partial charge in [-0.1, -0.05) is 17.2 Å². The van der Waals surface area contributed by atoms with Gasteiger partial charge >= 0.3 is 6.01 Å². The first kappa shape index (κ1) is 12.7. The highest BCUT2D eigenvalue weighted by molar-refractivity contribution is 6.16. The Balaban J connectivity index is 1.72. The summed E-state index contributed by atoms with van der Waals surface area (Å²) in [6.07, 6.45) is 0. The van der Waals surface area contributed by atoms with E-state index in [1.165, 1.54) is 5.56 Å². The van der Waals surface area contributed by atoms with Gasteiger partial charge in [-0.2, -0.15) is 0 Å². The Hall–Kier alpha value is -1.75. The fourth-order valence-corrected chi connectivity index (χ4v) is 1.52. The number of hydrogen-bond donors (Lipinski definition) is 1. The fraction of sp³-hybridized carbons (Fsp3) is 0.333. The van der Waals surface area contributed by atoms with E-state index in [2.05, 4.69) is 15.5 Å². The van der Waals surface area contributed by atoms with Crippen molar-refractivity contribution >= 4 is 17.6 Å². The topological polar surface area (TPSA) is 60.2 Å². The average molecular weight is 268 g/mol. The van der Waals surface area contributed by atoms with Crippen molar-refractivity contribution in [1.29, 1.82) is 0 Å². The summed E-state index contributed by atoms with van der Waals surface area (Å²) in [4.78, 5) is 0. The molecule has 1 aromatic heterocycles. The summed E-state index contributed by atoms with van der Waals surface area (Å²) < 4.78 is 10.7. The quantitative estimate of drug-likeness (QED) is 0.644. The SMILES string of the molecule is Cc1cccc(OCCNc2nnc(CCl)o2)c1. The molecule has 1 aromatic carbocycles. The van der Waals surface area contributed by atoms with Crippen molar-refractivity contribution in [3.05, 3.63) is 35.7 Å². The lowest BCUT2D eigenvalue weighted by Gasteiger charge is -2.06. The van der Waals surface area contributed by atoms with Crippen LogP contribution in [0, 0.1) is 6.92 Å². The van der Waals surface area contributed by atoms with Gasteiger partial charge < -0.3 is 14.5 Å². The second-order valence-electron chi connectivity index (χ2n) is 3.73. The number of halogens is 1. The number of nitrogens with one attached hydrogen (secondary N) is 1. The van der Waals surface area contributed by atoms with Crippen molar-refractivity contribution in [2.75, 3.05) is 18.5 Å². The van der Waals surface area contributed by atoms with Gasteiger partial charge in [0.2, 0.25) is 5.89 Å². The molecule has 18 heavy (non-hydrogen) atoms. The molecule has 5 nitrogen and oxygen atoms in total. The maximum absolute atomic E-state index is 5.56. The average Bonchev–Trinajstić information content (AvgIpc) is 2.83. The molecular weight excluding hydrogens is 254 g/mol. The fourth-order valence-electron chi connectivity index (χ4n) is 1.41. The summed E-state index contributed by atoms with van der Waals surface area (Å²) in [5, 5.41) is 10.5. The van der Waals surface area contributed by atoms with Crippen LogP contribution in [-0.2, 0) is 5.88 Å². The van der Waals surface area contributed by atoms with Crippen LogP contribution in [0.15, 0.2) is 28.7 Å². The molecule has 0 unspecified atom stereocenters. The highest BCUT2D eigenvalue weighted by atomic mass is 35.5. The van der Waals surface area contributed by atoms with E-state index in [1.807, 2.05) is 31.2 Å². The van der Waals surface area contributed by atoms with E-state index in [1.54, 1.807) is 0 Å². The van der Waals surface area contributed by atoms with Crippen molar-refractivity contribution in [2.45, 2.75) is 12.8 Å². The summed E-state index contributed by atoms with van der Waals surface area (Å²) >= 11 is 5.55. The van der Waals surface area contributed by atoms with Crippen LogP contribution >= 0.6 is 11.6 Å². The molecule has 1 N–H and O–H groups in total. The summed E-state index contributed by atoms with van der Waals surface area (Å²) in [7, 11) is 0. The molecule has 0 fully saturated rings. The normalized spacial score (nSPS) is 10.3. The maximum Gasteiger partial charge on any atom is 0.315 e. The van der Waals surface area contributed by atoms with E-state index in [9.17, 15) is 0 Å². The van der Waals surface area contributed by atoms with Crippen LogP contribution in [0.5, 0.6) is 5.75 Å². The maximum atomic E-state index is 5.56. The zero-order valence-electron chi connectivity index (χ0n) is 10.0. The Morgan fingerprint density at radius 3 is 3.00 bits per heavy atom. The van der Waals surface area contributed by atoms with Gasteiger partial charge in [-0.3, -0.25) is 0 Å². The lowest BCUT2D eigenvalue weighted by Crippen LogP contribution is -2.11. The van der Waals surface area contributed by atoms with Crippen molar-refractivity contribution in [3.8, 4) is 5.75 Å². The third-order valence-electron chi connectivity index (χ3n) is 2.22. The number of alkyl halides is 1. The van der Waals surface area contributed by atoms with Crippen LogP contribution in [-0.4, -0.2) is 23.3 Å². The minimum Gasteiger partial charge on any atom is -0.492 e. The van der Waals surface area contributed by atoms with E-state index in [4.69, 9.17) is 20.8 Å². The smallest absolute Gasteiger partial charge is 0.315 e. The van der Waals surface area contributed by atoms with Crippen LogP contribution in [0.3, 0.4) is 0 Å². The Bertz CT molecular complexity index is 502. The predicted octanol–water partition coefficient (Wildman–Crippen LogP) is 2.61. The largest absolute Gasteiger partial charge is 0.492 e. The van der Waals surface area contributed by atoms with E-state index >= 15 is 0 Å². The highest BCUT2D eigenvalue weighted by Crippen LogP contribution is 2.12. The molecule has 0 radical (unpaired) electrons. The monoisotopic (exact) mass is 267 g/mol. The molecular formula is C12H14ClN3O2. The first-order chi connectivity index (χ1) is 8.78. The lowest BCUT2D eigenvalue weighted by molar-refractivity contribution is 0.331. The second-order valence-corrected chi connectivity index (χ2v) is 3.99. The number of benzene rings is 1. The molecule has 6 heteroatoms. The molecule has 0 saturated carbocycles. The zero-order valence-corrected chi connectivity index (χ0v) is 10.8. The molecule has 96 valence electrons.